The second-order valence-electron chi connectivity index (χ2n) is 6.60. The molecule has 2 fully saturated rings. The number of carbonyl (C=O) groups is 1. The molecule has 0 heterocycles. The van der Waals surface area contributed by atoms with E-state index in [4.69, 9.17) is 0 Å². The Kier molecular flexibility index (Phi) is 2.92. The average molecular weight is 208 g/mol. The van der Waals surface area contributed by atoms with Gasteiger partial charge in [0.1, 0.15) is 5.78 Å². The highest BCUT2D eigenvalue weighted by Crippen LogP contribution is 2.43. The number of carbonyl (C=O) groups excluding carboxylic acids is 1. The van der Waals surface area contributed by atoms with Gasteiger partial charge in [0.05, 0.1) is 0 Å². The first kappa shape index (κ1) is 11.2. The molecule has 0 aliphatic heterocycles. The van der Waals surface area contributed by atoms with Crippen LogP contribution in [0.5, 0.6) is 0 Å². The zero-order valence-electron chi connectivity index (χ0n) is 10.4. The molecule has 2 aliphatic carbocycles. The van der Waals surface area contributed by atoms with Gasteiger partial charge in [0.15, 0.2) is 0 Å². The van der Waals surface area contributed by atoms with Gasteiger partial charge in [0.2, 0.25) is 0 Å². The highest BCUT2D eigenvalue weighted by atomic mass is 16.1. The van der Waals surface area contributed by atoms with Gasteiger partial charge in [0.25, 0.3) is 0 Å². The minimum absolute atomic E-state index is 0.444. The summed E-state index contributed by atoms with van der Waals surface area (Å²) in [6.45, 7) is 6.91. The fourth-order valence-corrected chi connectivity index (χ4v) is 2.87. The van der Waals surface area contributed by atoms with Crippen LogP contribution >= 0.6 is 0 Å². The lowest BCUT2D eigenvalue weighted by Gasteiger charge is -2.34. The highest BCUT2D eigenvalue weighted by molar-refractivity contribution is 5.83. The lowest BCUT2D eigenvalue weighted by atomic mass is 9.72. The normalized spacial score (nSPS) is 35.1. The van der Waals surface area contributed by atoms with Gasteiger partial charge < -0.3 is 0 Å². The van der Waals surface area contributed by atoms with Gasteiger partial charge in [0, 0.05) is 12.3 Å². The Balaban J connectivity index is 1.75. The van der Waals surface area contributed by atoms with E-state index in [0.29, 0.717) is 29.0 Å². The summed E-state index contributed by atoms with van der Waals surface area (Å²) in [6.07, 6.45) is 7.22. The Labute approximate surface area is 93.6 Å². The van der Waals surface area contributed by atoms with Crippen molar-refractivity contribution in [3.05, 3.63) is 0 Å². The molecule has 0 aromatic rings. The first-order chi connectivity index (χ1) is 6.98. The molecule has 0 radical (unpaired) electrons. The van der Waals surface area contributed by atoms with Crippen LogP contribution in [-0.2, 0) is 4.79 Å². The first-order valence-corrected chi connectivity index (χ1v) is 6.51. The number of ketones is 1. The lowest BCUT2D eigenvalue weighted by molar-refractivity contribution is -0.121. The Bertz CT molecular complexity index is 244. The highest BCUT2D eigenvalue weighted by Gasteiger charge is 2.39. The smallest absolute Gasteiger partial charge is 0.136 e. The van der Waals surface area contributed by atoms with Crippen molar-refractivity contribution in [1.82, 2.24) is 0 Å². The summed E-state index contributed by atoms with van der Waals surface area (Å²) < 4.78 is 0. The van der Waals surface area contributed by atoms with Crippen LogP contribution in [0, 0.1) is 23.2 Å². The van der Waals surface area contributed by atoms with Crippen molar-refractivity contribution in [2.75, 3.05) is 0 Å². The molecule has 15 heavy (non-hydrogen) atoms. The molecule has 1 heteroatoms. The molecule has 0 aromatic carbocycles. The monoisotopic (exact) mass is 208 g/mol. The molecule has 2 rings (SSSR count). The van der Waals surface area contributed by atoms with E-state index in [1.807, 2.05) is 0 Å². The molecule has 0 amide bonds. The fraction of sp³-hybridized carbons (Fsp3) is 0.929. The Morgan fingerprint density at radius 1 is 1.27 bits per heavy atom. The van der Waals surface area contributed by atoms with Crippen LogP contribution in [0.2, 0.25) is 0 Å². The predicted molar refractivity (Wildman–Crippen MR) is 62.6 cm³/mol. The summed E-state index contributed by atoms with van der Waals surface area (Å²) in [4.78, 5) is 11.8. The topological polar surface area (TPSA) is 17.1 Å². The van der Waals surface area contributed by atoms with E-state index >= 15 is 0 Å². The molecule has 0 spiro atoms. The second kappa shape index (κ2) is 3.92. The molecule has 0 N–H and O–H groups in total. The van der Waals surface area contributed by atoms with E-state index in [0.717, 1.165) is 12.8 Å². The van der Waals surface area contributed by atoms with Gasteiger partial charge in [-0.1, -0.05) is 20.8 Å². The molecule has 0 aromatic heterocycles. The Hall–Kier alpha value is -0.330. The van der Waals surface area contributed by atoms with E-state index in [9.17, 15) is 4.79 Å². The van der Waals surface area contributed by atoms with Crippen molar-refractivity contribution >= 4 is 5.78 Å². The maximum absolute atomic E-state index is 11.8. The maximum atomic E-state index is 11.8. The van der Waals surface area contributed by atoms with Crippen LogP contribution in [0.3, 0.4) is 0 Å². The molecule has 2 saturated carbocycles. The number of hydrogen-bond donors (Lipinski definition) is 0. The van der Waals surface area contributed by atoms with Crippen molar-refractivity contribution in [2.45, 2.75) is 59.3 Å². The summed E-state index contributed by atoms with van der Waals surface area (Å²) in [6, 6.07) is 0. The van der Waals surface area contributed by atoms with E-state index < -0.39 is 0 Å². The lowest BCUT2D eigenvalue weighted by Crippen LogP contribution is -2.23. The zero-order valence-corrected chi connectivity index (χ0v) is 10.4. The van der Waals surface area contributed by atoms with Crippen LogP contribution in [0.1, 0.15) is 59.3 Å². The first-order valence-electron chi connectivity index (χ1n) is 6.51. The number of Topliss-reactive ketones (excluding diaryl/α,β-unsaturated/α-hetero) is 1. The van der Waals surface area contributed by atoms with Gasteiger partial charge in [-0.05, 0) is 49.4 Å². The van der Waals surface area contributed by atoms with E-state index in [1.165, 1.54) is 25.7 Å². The minimum atomic E-state index is 0.444. The maximum Gasteiger partial charge on any atom is 0.136 e. The fourth-order valence-electron chi connectivity index (χ4n) is 2.87. The van der Waals surface area contributed by atoms with Crippen molar-refractivity contribution in [3.63, 3.8) is 0 Å². The standard InChI is InChI=1S/C14H24O/c1-10-8-12(10)13(15)9-11-4-6-14(2,3)7-5-11/h10-12H,4-9H2,1-3H3. The average Bonchev–Trinajstić information content (AvgIpc) is 2.87. The molecule has 0 saturated heterocycles. The van der Waals surface area contributed by atoms with Crippen LogP contribution in [0.4, 0.5) is 0 Å². The summed E-state index contributed by atoms with van der Waals surface area (Å²) in [5.74, 6) is 2.41. The van der Waals surface area contributed by atoms with Crippen molar-refractivity contribution < 1.29 is 4.79 Å². The van der Waals surface area contributed by atoms with Crippen LogP contribution in [-0.4, -0.2) is 5.78 Å². The third kappa shape index (κ3) is 2.83. The van der Waals surface area contributed by atoms with E-state index in [2.05, 4.69) is 20.8 Å². The third-order valence-electron chi connectivity index (χ3n) is 4.47. The van der Waals surface area contributed by atoms with Gasteiger partial charge in [-0.2, -0.15) is 0 Å². The molecule has 2 aliphatic rings. The van der Waals surface area contributed by atoms with E-state index in [1.54, 1.807) is 0 Å². The Morgan fingerprint density at radius 2 is 1.80 bits per heavy atom. The SMILES string of the molecule is CC1CC1C(=O)CC1CCC(C)(C)CC1. The van der Waals surface area contributed by atoms with E-state index in [-0.39, 0.29) is 0 Å². The summed E-state index contributed by atoms with van der Waals surface area (Å²) in [5, 5.41) is 0. The molecule has 86 valence electrons. The minimum Gasteiger partial charge on any atom is -0.299 e. The van der Waals surface area contributed by atoms with Crippen molar-refractivity contribution in [2.24, 2.45) is 23.2 Å². The quantitative estimate of drug-likeness (QED) is 0.689. The van der Waals surface area contributed by atoms with Crippen molar-refractivity contribution in [3.8, 4) is 0 Å². The molecular weight excluding hydrogens is 184 g/mol. The summed E-state index contributed by atoms with van der Waals surface area (Å²) in [7, 11) is 0. The molecule has 2 unspecified atom stereocenters. The molecule has 1 nitrogen and oxygen atoms in total. The third-order valence-corrected chi connectivity index (χ3v) is 4.47. The van der Waals surface area contributed by atoms with Crippen molar-refractivity contribution in [1.29, 1.82) is 0 Å². The Morgan fingerprint density at radius 3 is 2.27 bits per heavy atom. The molecule has 0 bridgehead atoms. The molecule has 2 atom stereocenters. The number of hydrogen-bond acceptors (Lipinski definition) is 1. The van der Waals surface area contributed by atoms with Gasteiger partial charge in [-0.3, -0.25) is 4.79 Å². The van der Waals surface area contributed by atoms with Crippen LogP contribution < -0.4 is 0 Å². The van der Waals surface area contributed by atoms with Gasteiger partial charge in [-0.25, -0.2) is 0 Å². The van der Waals surface area contributed by atoms with Crippen LogP contribution in [0.25, 0.3) is 0 Å². The van der Waals surface area contributed by atoms with Gasteiger partial charge >= 0.3 is 0 Å². The predicted octanol–water partition coefficient (Wildman–Crippen LogP) is 3.82. The number of rotatable bonds is 3. The second-order valence-corrected chi connectivity index (χ2v) is 6.60. The van der Waals surface area contributed by atoms with Crippen LogP contribution in [0.15, 0.2) is 0 Å². The summed E-state index contributed by atoms with van der Waals surface area (Å²) >= 11 is 0. The van der Waals surface area contributed by atoms with Gasteiger partial charge in [-0.15, -0.1) is 0 Å². The zero-order chi connectivity index (χ0) is 11.1. The molecular formula is C14H24O. The largest absolute Gasteiger partial charge is 0.299 e. The summed E-state index contributed by atoms with van der Waals surface area (Å²) in [5.41, 5.74) is 0.534.